The molecule has 0 bridgehead atoms. The highest BCUT2D eigenvalue weighted by atomic mass is 14.4. The molecule has 0 unspecified atom stereocenters. The molecule has 16 rings (SSSR count). The molecule has 16 aromatic rings. The number of benzene rings is 16. The van der Waals surface area contributed by atoms with E-state index in [2.05, 4.69) is 501 Å². The second-order valence-electron chi connectivity index (χ2n) is 48.6. The minimum absolute atomic E-state index is 0.0206. The Morgan fingerprint density at radius 3 is 0.414 bits per heavy atom. The van der Waals surface area contributed by atoms with Gasteiger partial charge in [-0.3, -0.25) is 0 Å². The average Bonchev–Trinajstić information content (AvgIpc) is 0.690. The molecule has 0 saturated heterocycles. The molecule has 0 N–H and O–H groups in total. The van der Waals surface area contributed by atoms with Gasteiger partial charge in [-0.2, -0.15) is 0 Å². The van der Waals surface area contributed by atoms with Crippen molar-refractivity contribution in [2.24, 2.45) is 0 Å². The average molecular weight is 1680 g/mol. The summed E-state index contributed by atoms with van der Waals surface area (Å²) < 4.78 is 0. The van der Waals surface area contributed by atoms with E-state index in [1.807, 2.05) is 0 Å². The van der Waals surface area contributed by atoms with Crippen LogP contribution in [-0.4, -0.2) is 0 Å². The minimum Gasteiger partial charge on any atom is -0.0622 e. The van der Waals surface area contributed by atoms with Crippen LogP contribution < -0.4 is 0 Å². The lowest BCUT2D eigenvalue weighted by molar-refractivity contribution is 0.531. The molecule has 0 spiro atoms. The molecular formula is C128H144. The van der Waals surface area contributed by atoms with Crippen molar-refractivity contribution in [3.63, 3.8) is 0 Å². The molecule has 16 aromatic carbocycles. The van der Waals surface area contributed by atoms with E-state index in [1.54, 1.807) is 0 Å². The molecule has 0 amide bonds. The lowest BCUT2D eigenvalue weighted by Crippen LogP contribution is -2.22. The van der Waals surface area contributed by atoms with Gasteiger partial charge in [0, 0.05) is 0 Å². The highest BCUT2D eigenvalue weighted by Gasteiger charge is 2.37. The molecule has 0 aromatic heterocycles. The quantitative estimate of drug-likeness (QED) is 0.133. The Bertz CT molecular complexity index is 6670. The lowest BCUT2D eigenvalue weighted by Gasteiger charge is -2.34. The van der Waals surface area contributed by atoms with Crippen LogP contribution in [-0.2, 0) is 59.6 Å². The second kappa shape index (κ2) is 32.6. The number of hydrogen-bond acceptors (Lipinski definition) is 0. The molecular weight excluding hydrogens is 1540 g/mol. The van der Waals surface area contributed by atoms with E-state index in [0.29, 0.717) is 0 Å². The zero-order chi connectivity index (χ0) is 92.8. The topological polar surface area (TPSA) is 0 Å². The lowest BCUT2D eigenvalue weighted by atomic mass is 9.70. The van der Waals surface area contributed by atoms with Crippen LogP contribution in [0.2, 0.25) is 0 Å². The van der Waals surface area contributed by atoms with Gasteiger partial charge in [0.25, 0.3) is 0 Å². The Labute approximate surface area is 770 Å². The van der Waals surface area contributed by atoms with E-state index in [9.17, 15) is 0 Å². The summed E-state index contributed by atoms with van der Waals surface area (Å²) in [6.07, 6.45) is 0. The fraction of sp³-hybridized carbons (Fsp3) is 0.344. The first-order valence-corrected chi connectivity index (χ1v) is 47.4. The summed E-state index contributed by atoms with van der Waals surface area (Å²) in [5.41, 5.74) is 34.9. The van der Waals surface area contributed by atoms with Gasteiger partial charge in [0.05, 0.1) is 0 Å². The van der Waals surface area contributed by atoms with E-state index < -0.39 is 0 Å². The van der Waals surface area contributed by atoms with Crippen molar-refractivity contribution in [2.45, 2.75) is 288 Å². The maximum atomic E-state index is 2.61. The van der Waals surface area contributed by atoms with Gasteiger partial charge in [0.2, 0.25) is 0 Å². The largest absolute Gasteiger partial charge is 0.0622 e. The maximum Gasteiger partial charge on any atom is -0.000139 e. The third-order valence-electron chi connectivity index (χ3n) is 27.3. The van der Waals surface area contributed by atoms with Gasteiger partial charge in [-0.25, -0.2) is 0 Å². The summed E-state index contributed by atoms with van der Waals surface area (Å²) in [4.78, 5) is 0. The standard InChI is InChI=1S/C66H76.C62H68/c1-61(2,3)45-33-29-43(30-34-45)57-49-39-53(65(13,14)15)51(63(7,8)9)37-47(49)56(42-27-23-20-24-28-42)60-58(44-31-35-46(36-32-44)62(4,5)6)50-40-54(66(16,17)18)52(64(10,11)12)38-48(50)55(59(57)60)41-25-21-19-22-26-41;1-58(2,3)43-30-26-41(27-31-43)54-47-36-45(60(7,8)9)34-35-46(47)52(39-22-18-16-19-23-39)56-55(42-28-32-44(33-29-42)59(4,5)6)49-38-51(62(13,14)15)50(61(10,11)12)37-48(49)53(57(54)56)40-24-20-17-21-25-40/h19-40H,1-18H3;16-38H,1-15H3. The van der Waals surface area contributed by atoms with Crippen molar-refractivity contribution in [3.05, 3.63) is 334 Å². The van der Waals surface area contributed by atoms with Crippen LogP contribution in [0.25, 0.3) is 154 Å². The molecule has 656 valence electrons. The summed E-state index contributed by atoms with van der Waals surface area (Å²) in [6, 6.07) is 106. The Balaban J connectivity index is 0.000000197. The third-order valence-corrected chi connectivity index (χ3v) is 27.3. The first-order chi connectivity index (χ1) is 59.5. The summed E-state index contributed by atoms with van der Waals surface area (Å²) in [5.74, 6) is 0. The van der Waals surface area contributed by atoms with E-state index >= 15 is 0 Å². The molecule has 0 radical (unpaired) electrons. The van der Waals surface area contributed by atoms with Gasteiger partial charge < -0.3 is 0 Å². The SMILES string of the molecule is CC(C)(C)c1ccc(-c2c3cc(C(C)(C)C)c(C(C)(C)C)cc3c(-c3ccccc3)c3c(-c4ccc(C(C)(C)C)cc4)c4cc(C(C)(C)C)c(C(C)(C)C)cc4c(-c4ccccc4)c23)cc1.CC(C)(C)c1ccc(-c2c3cc(C(C)(C)C)ccc3c(-c3ccccc3)c3c(-c4ccc(C(C)(C)C)cc4)c4cc(C(C)(C)C)c(C(C)(C)C)cc4c(-c4ccccc4)c23)cc1. The summed E-state index contributed by atoms with van der Waals surface area (Å²) in [7, 11) is 0. The van der Waals surface area contributed by atoms with Crippen LogP contribution in [0.3, 0.4) is 0 Å². The molecule has 0 aliphatic carbocycles. The smallest absolute Gasteiger partial charge is 0.000139 e. The van der Waals surface area contributed by atoms with Gasteiger partial charge in [0.15, 0.2) is 0 Å². The predicted molar refractivity (Wildman–Crippen MR) is 567 cm³/mol. The maximum absolute atomic E-state index is 2.61. The second-order valence-corrected chi connectivity index (χ2v) is 48.6. The van der Waals surface area contributed by atoms with Crippen molar-refractivity contribution < 1.29 is 0 Å². The Morgan fingerprint density at radius 2 is 0.258 bits per heavy atom. The number of rotatable bonds is 8. The highest BCUT2D eigenvalue weighted by molar-refractivity contribution is 6.36. The number of hydrogen-bond donors (Lipinski definition) is 0. The van der Waals surface area contributed by atoms with Crippen LogP contribution in [0, 0.1) is 0 Å². The Kier molecular flexibility index (Phi) is 23.4. The van der Waals surface area contributed by atoms with Crippen molar-refractivity contribution in [3.8, 4) is 89.0 Å². The molecule has 0 atom stereocenters. The van der Waals surface area contributed by atoms with Gasteiger partial charge in [-0.05, 0) is 317 Å². The zero-order valence-corrected chi connectivity index (χ0v) is 84.0. The predicted octanol–water partition coefficient (Wildman–Crippen LogP) is 37.9. The Morgan fingerprint density at radius 1 is 0.117 bits per heavy atom. The monoisotopic (exact) mass is 1680 g/mol. The van der Waals surface area contributed by atoms with Crippen LogP contribution >= 0.6 is 0 Å². The zero-order valence-electron chi connectivity index (χ0n) is 84.0. The van der Waals surface area contributed by atoms with Crippen molar-refractivity contribution in [1.82, 2.24) is 0 Å². The summed E-state index contributed by atoms with van der Waals surface area (Å²) in [6.45, 7) is 77.8. The van der Waals surface area contributed by atoms with Crippen LogP contribution in [0.15, 0.2) is 273 Å². The fourth-order valence-electron chi connectivity index (χ4n) is 20.1. The molecule has 0 aliphatic rings. The van der Waals surface area contributed by atoms with Gasteiger partial charge in [-0.1, -0.05) is 459 Å². The molecule has 0 fully saturated rings. The molecule has 0 heteroatoms. The van der Waals surface area contributed by atoms with Crippen molar-refractivity contribution in [2.75, 3.05) is 0 Å². The van der Waals surface area contributed by atoms with Gasteiger partial charge >= 0.3 is 0 Å². The first-order valence-electron chi connectivity index (χ1n) is 47.4. The molecule has 0 saturated carbocycles. The van der Waals surface area contributed by atoms with Crippen LogP contribution in [0.5, 0.6) is 0 Å². The molecule has 0 aliphatic heterocycles. The van der Waals surface area contributed by atoms with Gasteiger partial charge in [0.1, 0.15) is 0 Å². The van der Waals surface area contributed by atoms with Crippen LogP contribution in [0.4, 0.5) is 0 Å². The molecule has 128 heavy (non-hydrogen) atoms. The van der Waals surface area contributed by atoms with E-state index in [-0.39, 0.29) is 59.6 Å². The minimum atomic E-state index is -0.0946. The molecule has 0 heterocycles. The fourth-order valence-corrected chi connectivity index (χ4v) is 20.1. The van der Waals surface area contributed by atoms with Crippen molar-refractivity contribution >= 4 is 64.6 Å². The van der Waals surface area contributed by atoms with E-state index in [1.165, 1.54) is 215 Å². The normalized spacial score (nSPS) is 13.2. The van der Waals surface area contributed by atoms with Gasteiger partial charge in [-0.15, -0.1) is 0 Å². The van der Waals surface area contributed by atoms with E-state index in [0.717, 1.165) is 0 Å². The van der Waals surface area contributed by atoms with Crippen LogP contribution in [0.1, 0.15) is 290 Å². The summed E-state index contributed by atoms with van der Waals surface area (Å²) >= 11 is 0. The Hall–Kier alpha value is -10.9. The number of fused-ring (bicyclic) bond motifs is 6. The highest BCUT2D eigenvalue weighted by Crippen LogP contribution is 2.60. The summed E-state index contributed by atoms with van der Waals surface area (Å²) in [5, 5.41) is 15.6. The van der Waals surface area contributed by atoms with E-state index in [4.69, 9.17) is 0 Å². The third kappa shape index (κ3) is 17.6. The first kappa shape index (κ1) is 91.8. The molecule has 0 nitrogen and oxygen atoms in total. The van der Waals surface area contributed by atoms with Crippen molar-refractivity contribution in [1.29, 1.82) is 0 Å².